The van der Waals surface area contributed by atoms with E-state index in [4.69, 9.17) is 27.9 Å². The number of morpholine rings is 1. The van der Waals surface area contributed by atoms with E-state index in [1.165, 1.54) is 6.20 Å². The van der Waals surface area contributed by atoms with Crippen molar-refractivity contribution in [2.75, 3.05) is 31.2 Å². The molecule has 0 amide bonds. The Balaban J connectivity index is 2.00. The molecule has 1 aliphatic rings. The summed E-state index contributed by atoms with van der Waals surface area (Å²) >= 11 is 12.6. The Morgan fingerprint density at radius 1 is 1.26 bits per heavy atom. The van der Waals surface area contributed by atoms with Gasteiger partial charge < -0.3 is 14.7 Å². The molecule has 1 aromatic carbocycles. The van der Waals surface area contributed by atoms with Crippen molar-refractivity contribution in [2.45, 2.75) is 6.92 Å². The fourth-order valence-corrected chi connectivity index (χ4v) is 3.72. The molecule has 1 fully saturated rings. The highest BCUT2D eigenvalue weighted by atomic mass is 35.5. The molecule has 9 heteroatoms. The number of carboxylic acid groups (broad SMARTS) is 1. The average molecular weight is 407 g/mol. The highest BCUT2D eigenvalue weighted by Gasteiger charge is 2.26. The Hall–Kier alpha value is -2.35. The SMILES string of the molecule is Cc1nn2c(N3CCOCC3)c(C(=O)O)cnc2c1-c1cccc(Cl)c1Cl. The summed E-state index contributed by atoms with van der Waals surface area (Å²) in [6, 6.07) is 5.37. The number of nitrogens with zero attached hydrogens (tertiary/aromatic N) is 4. The van der Waals surface area contributed by atoms with Crippen LogP contribution in [0.4, 0.5) is 5.82 Å². The molecule has 27 heavy (non-hydrogen) atoms. The van der Waals surface area contributed by atoms with Gasteiger partial charge in [0.05, 0.1) is 34.5 Å². The van der Waals surface area contributed by atoms with Gasteiger partial charge in [-0.1, -0.05) is 35.3 Å². The number of hydrogen-bond acceptors (Lipinski definition) is 5. The van der Waals surface area contributed by atoms with Crippen LogP contribution >= 0.6 is 23.2 Å². The summed E-state index contributed by atoms with van der Waals surface area (Å²) in [4.78, 5) is 18.1. The standard InChI is InChI=1S/C18H16Cl2N4O3/c1-10-14(11-3-2-4-13(19)15(11)20)16-21-9-12(18(25)26)17(24(16)22-10)23-5-7-27-8-6-23/h2-4,9H,5-8H2,1H3,(H,25,26). The van der Waals surface area contributed by atoms with Crippen LogP contribution < -0.4 is 4.90 Å². The summed E-state index contributed by atoms with van der Waals surface area (Å²) in [5.41, 5.74) is 2.75. The van der Waals surface area contributed by atoms with Crippen molar-refractivity contribution in [3.8, 4) is 11.1 Å². The van der Waals surface area contributed by atoms with Crippen molar-refractivity contribution in [2.24, 2.45) is 0 Å². The van der Waals surface area contributed by atoms with Crippen LogP contribution in [0.1, 0.15) is 16.1 Å². The molecule has 0 spiro atoms. The second-order valence-corrected chi connectivity index (χ2v) is 6.98. The first kappa shape index (κ1) is 18.0. The van der Waals surface area contributed by atoms with Gasteiger partial charge in [0.1, 0.15) is 11.4 Å². The van der Waals surface area contributed by atoms with Gasteiger partial charge in [-0.25, -0.2) is 9.78 Å². The monoisotopic (exact) mass is 406 g/mol. The zero-order valence-corrected chi connectivity index (χ0v) is 16.0. The van der Waals surface area contributed by atoms with E-state index < -0.39 is 5.97 Å². The number of aromatic carboxylic acids is 1. The molecule has 0 unspecified atom stereocenters. The second kappa shape index (κ2) is 6.99. The van der Waals surface area contributed by atoms with Crippen molar-refractivity contribution in [1.29, 1.82) is 0 Å². The van der Waals surface area contributed by atoms with E-state index in [1.54, 1.807) is 16.6 Å². The fraction of sp³-hybridized carbons (Fsp3) is 0.278. The van der Waals surface area contributed by atoms with Gasteiger partial charge in [-0.05, 0) is 13.0 Å². The molecule has 0 radical (unpaired) electrons. The molecular weight excluding hydrogens is 391 g/mol. The predicted octanol–water partition coefficient (Wildman–Crippen LogP) is 3.55. The maximum atomic E-state index is 11.8. The zero-order chi connectivity index (χ0) is 19.1. The summed E-state index contributed by atoms with van der Waals surface area (Å²) in [6.07, 6.45) is 1.37. The van der Waals surface area contributed by atoms with Crippen molar-refractivity contribution in [3.05, 3.63) is 45.7 Å². The van der Waals surface area contributed by atoms with Crippen molar-refractivity contribution >= 4 is 40.6 Å². The molecule has 0 atom stereocenters. The van der Waals surface area contributed by atoms with Crippen LogP contribution in [0.2, 0.25) is 10.0 Å². The summed E-state index contributed by atoms with van der Waals surface area (Å²) in [5.74, 6) is -0.565. The quantitative estimate of drug-likeness (QED) is 0.716. The Bertz CT molecular complexity index is 1040. The highest BCUT2D eigenvalue weighted by Crippen LogP contribution is 2.38. The number of benzene rings is 1. The van der Waals surface area contributed by atoms with Gasteiger partial charge in [0.25, 0.3) is 0 Å². The van der Waals surface area contributed by atoms with E-state index in [1.807, 2.05) is 17.9 Å². The lowest BCUT2D eigenvalue weighted by atomic mass is 10.1. The van der Waals surface area contributed by atoms with Gasteiger partial charge in [0, 0.05) is 24.8 Å². The summed E-state index contributed by atoms with van der Waals surface area (Å²) in [5, 5.41) is 15.1. The van der Waals surface area contributed by atoms with Crippen molar-refractivity contribution < 1.29 is 14.6 Å². The van der Waals surface area contributed by atoms with Gasteiger partial charge >= 0.3 is 5.97 Å². The van der Waals surface area contributed by atoms with E-state index >= 15 is 0 Å². The molecular formula is C18H16Cl2N4O3. The molecule has 7 nitrogen and oxygen atoms in total. The summed E-state index contributed by atoms with van der Waals surface area (Å²) in [7, 11) is 0. The lowest BCUT2D eigenvalue weighted by Gasteiger charge is -2.29. The first-order valence-electron chi connectivity index (χ1n) is 8.37. The van der Waals surface area contributed by atoms with Crippen LogP contribution in [0.15, 0.2) is 24.4 Å². The fourth-order valence-electron chi connectivity index (χ4n) is 3.32. The molecule has 3 aromatic rings. The Labute approximate surface area is 165 Å². The number of halogens is 2. The largest absolute Gasteiger partial charge is 0.477 e. The van der Waals surface area contributed by atoms with Crippen LogP contribution in [0.3, 0.4) is 0 Å². The van der Waals surface area contributed by atoms with Crippen molar-refractivity contribution in [1.82, 2.24) is 14.6 Å². The lowest BCUT2D eigenvalue weighted by molar-refractivity contribution is 0.0695. The number of hydrogen-bond donors (Lipinski definition) is 1. The molecule has 3 heterocycles. The van der Waals surface area contributed by atoms with Crippen LogP contribution in [-0.2, 0) is 4.74 Å². The van der Waals surface area contributed by atoms with Gasteiger partial charge in [0.15, 0.2) is 5.65 Å². The Morgan fingerprint density at radius 2 is 2.00 bits per heavy atom. The number of rotatable bonds is 3. The van der Waals surface area contributed by atoms with Crippen LogP contribution in [-0.4, -0.2) is 52.0 Å². The third-order valence-corrected chi connectivity index (χ3v) is 5.37. The minimum atomic E-state index is -1.05. The number of aromatic nitrogens is 3. The molecule has 0 aliphatic carbocycles. The zero-order valence-electron chi connectivity index (χ0n) is 14.4. The summed E-state index contributed by atoms with van der Waals surface area (Å²) < 4.78 is 6.97. The maximum absolute atomic E-state index is 11.8. The number of ether oxygens (including phenoxy) is 1. The average Bonchev–Trinajstić information content (AvgIpc) is 2.99. The highest BCUT2D eigenvalue weighted by molar-refractivity contribution is 6.43. The van der Waals surface area contributed by atoms with Gasteiger partial charge in [-0.3, -0.25) is 0 Å². The van der Waals surface area contributed by atoms with E-state index in [0.717, 1.165) is 5.56 Å². The molecule has 2 aromatic heterocycles. The van der Waals surface area contributed by atoms with Crippen LogP contribution in [0, 0.1) is 6.92 Å². The second-order valence-electron chi connectivity index (χ2n) is 6.20. The third-order valence-electron chi connectivity index (χ3n) is 4.56. The van der Waals surface area contributed by atoms with Crippen LogP contribution in [0.25, 0.3) is 16.8 Å². The third kappa shape index (κ3) is 3.01. The Morgan fingerprint density at radius 3 is 2.70 bits per heavy atom. The molecule has 1 N–H and O–H groups in total. The Kier molecular flexibility index (Phi) is 4.67. The predicted molar refractivity (Wildman–Crippen MR) is 103 cm³/mol. The minimum Gasteiger partial charge on any atom is -0.477 e. The molecule has 1 aliphatic heterocycles. The first-order valence-corrected chi connectivity index (χ1v) is 9.13. The molecule has 0 bridgehead atoms. The van der Waals surface area contributed by atoms with Gasteiger partial charge in [0.2, 0.25) is 0 Å². The molecule has 0 saturated carbocycles. The van der Waals surface area contributed by atoms with Gasteiger partial charge in [-0.2, -0.15) is 9.61 Å². The van der Waals surface area contributed by atoms with Crippen molar-refractivity contribution in [3.63, 3.8) is 0 Å². The van der Waals surface area contributed by atoms with Crippen LogP contribution in [0.5, 0.6) is 0 Å². The van der Waals surface area contributed by atoms with Gasteiger partial charge in [-0.15, -0.1) is 0 Å². The number of carboxylic acids is 1. The molecule has 1 saturated heterocycles. The first-order chi connectivity index (χ1) is 13.0. The van der Waals surface area contributed by atoms with E-state index in [-0.39, 0.29) is 5.56 Å². The summed E-state index contributed by atoms with van der Waals surface area (Å²) in [6.45, 7) is 4.04. The number of fused-ring (bicyclic) bond motifs is 1. The maximum Gasteiger partial charge on any atom is 0.341 e. The minimum absolute atomic E-state index is 0.0932. The lowest BCUT2D eigenvalue weighted by Crippen LogP contribution is -2.38. The number of carbonyl (C=O) groups is 1. The van der Waals surface area contributed by atoms with E-state index in [0.29, 0.717) is 59.1 Å². The normalized spacial score (nSPS) is 14.7. The topological polar surface area (TPSA) is 80.0 Å². The molecule has 140 valence electrons. The number of aryl methyl sites for hydroxylation is 1. The molecule has 4 rings (SSSR count). The van der Waals surface area contributed by atoms with E-state index in [9.17, 15) is 9.90 Å². The van der Waals surface area contributed by atoms with E-state index in [2.05, 4.69) is 10.1 Å². The smallest absolute Gasteiger partial charge is 0.341 e. The number of anilines is 1.